The highest BCUT2D eigenvalue weighted by molar-refractivity contribution is 4.79. The van der Waals surface area contributed by atoms with Crippen LogP contribution in [0.15, 0.2) is 0 Å². The minimum atomic E-state index is 0.679. The van der Waals surface area contributed by atoms with Crippen molar-refractivity contribution in [1.29, 1.82) is 0 Å². The van der Waals surface area contributed by atoms with Crippen molar-refractivity contribution in [2.45, 2.75) is 32.6 Å². The molecule has 2 N–H and O–H groups in total. The minimum Gasteiger partial charge on any atom is -0.384 e. The number of methoxy groups -OCH3 is 1. The number of hydrogen-bond donors (Lipinski definition) is 1. The van der Waals surface area contributed by atoms with Crippen LogP contribution in [0.25, 0.3) is 0 Å². The van der Waals surface area contributed by atoms with Gasteiger partial charge in [-0.1, -0.05) is 19.8 Å². The Bertz CT molecular complexity index is 138. The summed E-state index contributed by atoms with van der Waals surface area (Å²) in [4.78, 5) is 0. The lowest BCUT2D eigenvalue weighted by Crippen LogP contribution is -2.32. The van der Waals surface area contributed by atoms with Crippen LogP contribution >= 0.6 is 0 Å². The van der Waals surface area contributed by atoms with Crippen LogP contribution in [0.2, 0.25) is 0 Å². The molecule has 13 heavy (non-hydrogen) atoms. The topological polar surface area (TPSA) is 35.2 Å². The molecule has 1 saturated carbocycles. The van der Waals surface area contributed by atoms with E-state index in [1.165, 1.54) is 25.7 Å². The first-order valence-electron chi connectivity index (χ1n) is 5.48. The Balaban J connectivity index is 2.43. The maximum absolute atomic E-state index is 5.79. The Morgan fingerprint density at radius 1 is 1.38 bits per heavy atom. The van der Waals surface area contributed by atoms with Gasteiger partial charge in [0, 0.05) is 13.7 Å². The molecule has 0 heterocycles. The van der Waals surface area contributed by atoms with Crippen LogP contribution in [0.5, 0.6) is 0 Å². The van der Waals surface area contributed by atoms with Crippen LogP contribution in [-0.2, 0) is 4.74 Å². The maximum Gasteiger partial charge on any atom is 0.0490 e. The molecule has 2 nitrogen and oxygen atoms in total. The predicted molar refractivity (Wildman–Crippen MR) is 55.5 cm³/mol. The summed E-state index contributed by atoms with van der Waals surface area (Å²) in [5.74, 6) is 2.23. The standard InChI is InChI=1S/C11H23NO/c1-9(8-13-2)11-6-4-3-5-10(11)7-12/h9-11H,3-8,12H2,1-2H3. The predicted octanol–water partition coefficient (Wildman–Crippen LogP) is 2.03. The summed E-state index contributed by atoms with van der Waals surface area (Å²) >= 11 is 0. The Morgan fingerprint density at radius 2 is 2.08 bits per heavy atom. The van der Waals surface area contributed by atoms with E-state index in [0.717, 1.165) is 25.0 Å². The van der Waals surface area contributed by atoms with Crippen molar-refractivity contribution in [3.05, 3.63) is 0 Å². The van der Waals surface area contributed by atoms with E-state index in [1.54, 1.807) is 7.11 Å². The zero-order valence-electron chi connectivity index (χ0n) is 8.96. The molecule has 0 spiro atoms. The van der Waals surface area contributed by atoms with Crippen molar-refractivity contribution in [1.82, 2.24) is 0 Å². The molecule has 1 aliphatic rings. The van der Waals surface area contributed by atoms with Gasteiger partial charge in [0.1, 0.15) is 0 Å². The molecule has 0 aromatic heterocycles. The molecule has 2 heteroatoms. The monoisotopic (exact) mass is 185 g/mol. The molecular formula is C11H23NO. The van der Waals surface area contributed by atoms with Gasteiger partial charge in [-0.2, -0.15) is 0 Å². The fourth-order valence-electron chi connectivity index (χ4n) is 2.66. The first-order chi connectivity index (χ1) is 6.29. The fraction of sp³-hybridized carbons (Fsp3) is 1.00. The van der Waals surface area contributed by atoms with Gasteiger partial charge in [-0.3, -0.25) is 0 Å². The van der Waals surface area contributed by atoms with Crippen LogP contribution in [0, 0.1) is 17.8 Å². The summed E-state index contributed by atoms with van der Waals surface area (Å²) in [6, 6.07) is 0. The average molecular weight is 185 g/mol. The molecule has 0 aliphatic heterocycles. The molecule has 0 aromatic rings. The number of hydrogen-bond acceptors (Lipinski definition) is 2. The van der Waals surface area contributed by atoms with Crippen molar-refractivity contribution < 1.29 is 4.74 Å². The highest BCUT2D eigenvalue weighted by Crippen LogP contribution is 2.34. The third-order valence-corrected chi connectivity index (χ3v) is 3.43. The molecular weight excluding hydrogens is 162 g/mol. The molecule has 0 radical (unpaired) electrons. The molecule has 1 fully saturated rings. The SMILES string of the molecule is COCC(C)C1CCCCC1CN. The number of rotatable bonds is 4. The first-order valence-corrected chi connectivity index (χ1v) is 5.48. The van der Waals surface area contributed by atoms with Crippen molar-refractivity contribution >= 4 is 0 Å². The average Bonchev–Trinajstić information content (AvgIpc) is 2.18. The molecule has 0 aromatic carbocycles. The zero-order valence-corrected chi connectivity index (χ0v) is 8.96. The highest BCUT2D eigenvalue weighted by atomic mass is 16.5. The van der Waals surface area contributed by atoms with E-state index < -0.39 is 0 Å². The van der Waals surface area contributed by atoms with Crippen molar-refractivity contribution in [2.75, 3.05) is 20.3 Å². The smallest absolute Gasteiger partial charge is 0.0490 e. The van der Waals surface area contributed by atoms with E-state index in [2.05, 4.69) is 6.92 Å². The van der Waals surface area contributed by atoms with Gasteiger partial charge in [0.25, 0.3) is 0 Å². The largest absolute Gasteiger partial charge is 0.384 e. The zero-order chi connectivity index (χ0) is 9.68. The van der Waals surface area contributed by atoms with Crippen LogP contribution in [-0.4, -0.2) is 20.3 Å². The lowest BCUT2D eigenvalue weighted by atomic mass is 9.73. The quantitative estimate of drug-likeness (QED) is 0.727. The molecule has 3 unspecified atom stereocenters. The number of nitrogens with two attached hydrogens (primary N) is 1. The molecule has 0 amide bonds. The summed E-state index contributed by atoms with van der Waals surface area (Å²) in [6.07, 6.45) is 5.44. The summed E-state index contributed by atoms with van der Waals surface area (Å²) in [5, 5.41) is 0. The van der Waals surface area contributed by atoms with Gasteiger partial charge in [0.15, 0.2) is 0 Å². The van der Waals surface area contributed by atoms with E-state index in [9.17, 15) is 0 Å². The molecule has 1 aliphatic carbocycles. The summed E-state index contributed by atoms with van der Waals surface area (Å²) in [7, 11) is 1.79. The lowest BCUT2D eigenvalue weighted by Gasteiger charge is -2.34. The van der Waals surface area contributed by atoms with Crippen molar-refractivity contribution in [3.63, 3.8) is 0 Å². The van der Waals surface area contributed by atoms with Gasteiger partial charge in [-0.25, -0.2) is 0 Å². The van der Waals surface area contributed by atoms with Crippen molar-refractivity contribution in [3.8, 4) is 0 Å². The Morgan fingerprint density at radius 3 is 2.69 bits per heavy atom. The maximum atomic E-state index is 5.79. The van der Waals surface area contributed by atoms with E-state index in [0.29, 0.717) is 5.92 Å². The first kappa shape index (κ1) is 11.0. The van der Waals surface area contributed by atoms with Crippen LogP contribution in [0.1, 0.15) is 32.6 Å². The summed E-state index contributed by atoms with van der Waals surface area (Å²) in [5.41, 5.74) is 5.79. The van der Waals surface area contributed by atoms with E-state index in [-0.39, 0.29) is 0 Å². The van der Waals surface area contributed by atoms with Crippen LogP contribution in [0.3, 0.4) is 0 Å². The minimum absolute atomic E-state index is 0.679. The van der Waals surface area contributed by atoms with Crippen LogP contribution < -0.4 is 5.73 Å². The normalized spacial score (nSPS) is 31.6. The van der Waals surface area contributed by atoms with E-state index in [4.69, 9.17) is 10.5 Å². The Hall–Kier alpha value is -0.0800. The highest BCUT2D eigenvalue weighted by Gasteiger charge is 2.28. The van der Waals surface area contributed by atoms with Gasteiger partial charge in [0.2, 0.25) is 0 Å². The van der Waals surface area contributed by atoms with Gasteiger partial charge in [-0.15, -0.1) is 0 Å². The molecule has 0 bridgehead atoms. The van der Waals surface area contributed by atoms with Gasteiger partial charge in [-0.05, 0) is 37.1 Å². The summed E-state index contributed by atoms with van der Waals surface area (Å²) < 4.78 is 5.21. The summed E-state index contributed by atoms with van der Waals surface area (Å²) in [6.45, 7) is 4.04. The lowest BCUT2D eigenvalue weighted by molar-refractivity contribution is 0.0864. The van der Waals surface area contributed by atoms with Gasteiger partial charge < -0.3 is 10.5 Å². The van der Waals surface area contributed by atoms with Gasteiger partial charge >= 0.3 is 0 Å². The van der Waals surface area contributed by atoms with Gasteiger partial charge in [0.05, 0.1) is 0 Å². The third-order valence-electron chi connectivity index (χ3n) is 3.43. The fourth-order valence-corrected chi connectivity index (χ4v) is 2.66. The number of ether oxygens (including phenoxy) is 1. The Labute approximate surface area is 81.8 Å². The Kier molecular flexibility index (Phi) is 4.74. The molecule has 0 saturated heterocycles. The molecule has 3 atom stereocenters. The second kappa shape index (κ2) is 5.61. The molecule has 1 rings (SSSR count). The van der Waals surface area contributed by atoms with Crippen molar-refractivity contribution in [2.24, 2.45) is 23.5 Å². The third kappa shape index (κ3) is 2.96. The van der Waals surface area contributed by atoms with E-state index >= 15 is 0 Å². The second-order valence-electron chi connectivity index (χ2n) is 4.38. The second-order valence-corrected chi connectivity index (χ2v) is 4.38. The van der Waals surface area contributed by atoms with E-state index in [1.807, 2.05) is 0 Å². The van der Waals surface area contributed by atoms with Crippen LogP contribution in [0.4, 0.5) is 0 Å². The molecule has 78 valence electrons.